The highest BCUT2D eigenvalue weighted by atomic mass is 16.5. The van der Waals surface area contributed by atoms with Crippen LogP contribution in [0.4, 0.5) is 5.69 Å². The fraction of sp³-hybridized carbons (Fsp3) is 0.133. The lowest BCUT2D eigenvalue weighted by molar-refractivity contribution is 0.102. The van der Waals surface area contributed by atoms with Gasteiger partial charge in [0.05, 0.1) is 12.7 Å². The molecule has 5 heteroatoms. The number of nitriles is 1. The molecule has 1 heterocycles. The summed E-state index contributed by atoms with van der Waals surface area (Å²) in [6.07, 6.45) is 1.57. The van der Waals surface area contributed by atoms with Crippen LogP contribution in [0.1, 0.15) is 21.6 Å². The molecule has 100 valence electrons. The van der Waals surface area contributed by atoms with Crippen molar-refractivity contribution in [2.75, 3.05) is 12.4 Å². The molecule has 2 rings (SSSR count). The molecule has 0 saturated carbocycles. The predicted octanol–water partition coefficient (Wildman–Crippen LogP) is 2.52. The molecular weight excluding hydrogens is 254 g/mol. The van der Waals surface area contributed by atoms with Crippen LogP contribution in [-0.2, 0) is 0 Å². The van der Waals surface area contributed by atoms with E-state index in [9.17, 15) is 4.79 Å². The number of carbonyl (C=O) groups is 1. The van der Waals surface area contributed by atoms with Crippen molar-refractivity contribution in [3.63, 3.8) is 0 Å². The van der Waals surface area contributed by atoms with Crippen molar-refractivity contribution in [3.05, 3.63) is 53.3 Å². The minimum Gasteiger partial charge on any atom is -0.495 e. The Kier molecular flexibility index (Phi) is 3.96. The molecule has 20 heavy (non-hydrogen) atoms. The van der Waals surface area contributed by atoms with Crippen LogP contribution >= 0.6 is 0 Å². The van der Waals surface area contributed by atoms with Crippen LogP contribution in [0.25, 0.3) is 0 Å². The average Bonchev–Trinajstić information content (AvgIpc) is 2.47. The van der Waals surface area contributed by atoms with E-state index in [0.717, 1.165) is 5.69 Å². The molecule has 1 N–H and O–H groups in total. The molecule has 0 saturated heterocycles. The van der Waals surface area contributed by atoms with Gasteiger partial charge in [-0.3, -0.25) is 9.78 Å². The summed E-state index contributed by atoms with van der Waals surface area (Å²) >= 11 is 0. The summed E-state index contributed by atoms with van der Waals surface area (Å²) in [5.74, 6) is 0.139. The average molecular weight is 267 g/mol. The van der Waals surface area contributed by atoms with Crippen molar-refractivity contribution in [1.29, 1.82) is 5.26 Å². The number of benzene rings is 1. The molecule has 0 spiro atoms. The zero-order chi connectivity index (χ0) is 14.5. The molecular formula is C15H13N3O2. The first kappa shape index (κ1) is 13.6. The van der Waals surface area contributed by atoms with Crippen LogP contribution in [0.5, 0.6) is 5.75 Å². The second kappa shape index (κ2) is 5.85. The Balaban J connectivity index is 2.35. The van der Waals surface area contributed by atoms with Gasteiger partial charge in [0.2, 0.25) is 0 Å². The Morgan fingerprint density at radius 2 is 2.20 bits per heavy atom. The number of hydrogen-bond acceptors (Lipinski definition) is 4. The Bertz CT molecular complexity index is 690. The maximum atomic E-state index is 12.2. The van der Waals surface area contributed by atoms with Crippen LogP contribution in [-0.4, -0.2) is 18.0 Å². The number of nitrogens with one attached hydrogen (secondary N) is 1. The van der Waals surface area contributed by atoms with E-state index in [4.69, 9.17) is 10.00 Å². The van der Waals surface area contributed by atoms with Crippen molar-refractivity contribution in [3.8, 4) is 11.8 Å². The summed E-state index contributed by atoms with van der Waals surface area (Å²) in [6.45, 7) is 1.81. The Hall–Kier alpha value is -2.87. The number of hydrogen-bond donors (Lipinski definition) is 1. The summed E-state index contributed by atoms with van der Waals surface area (Å²) in [5, 5.41) is 11.8. The van der Waals surface area contributed by atoms with Gasteiger partial charge >= 0.3 is 0 Å². The topological polar surface area (TPSA) is 75.0 Å². The number of aromatic nitrogens is 1. The largest absolute Gasteiger partial charge is 0.495 e. The number of para-hydroxylation sites is 1. The molecule has 0 unspecified atom stereocenters. The molecule has 0 aliphatic carbocycles. The van der Waals surface area contributed by atoms with E-state index in [-0.39, 0.29) is 5.91 Å². The van der Waals surface area contributed by atoms with Gasteiger partial charge in [0.25, 0.3) is 5.91 Å². The Morgan fingerprint density at radius 1 is 1.40 bits per heavy atom. The second-order valence-electron chi connectivity index (χ2n) is 4.13. The second-order valence-corrected chi connectivity index (χ2v) is 4.13. The van der Waals surface area contributed by atoms with Crippen LogP contribution in [0.3, 0.4) is 0 Å². The van der Waals surface area contributed by atoms with Gasteiger partial charge in [0.1, 0.15) is 17.5 Å². The number of carbonyl (C=O) groups excluding carboxylic acids is 1. The number of pyridine rings is 1. The predicted molar refractivity (Wildman–Crippen MR) is 74.6 cm³/mol. The van der Waals surface area contributed by atoms with Gasteiger partial charge in [-0.1, -0.05) is 6.07 Å². The first-order chi connectivity index (χ1) is 9.65. The number of methoxy groups -OCH3 is 1. The lowest BCUT2D eigenvalue weighted by Crippen LogP contribution is -2.14. The highest BCUT2D eigenvalue weighted by molar-refractivity contribution is 6.05. The number of amides is 1. The molecule has 2 aromatic rings. The Labute approximate surface area is 116 Å². The normalized spacial score (nSPS) is 9.65. The molecule has 0 aliphatic rings. The van der Waals surface area contributed by atoms with Crippen LogP contribution in [0.15, 0.2) is 36.5 Å². The minimum atomic E-state index is -0.309. The van der Waals surface area contributed by atoms with Crippen molar-refractivity contribution in [1.82, 2.24) is 4.98 Å². The van der Waals surface area contributed by atoms with E-state index < -0.39 is 0 Å². The summed E-state index contributed by atoms with van der Waals surface area (Å²) in [7, 11) is 1.49. The van der Waals surface area contributed by atoms with E-state index in [1.807, 2.05) is 6.07 Å². The molecule has 0 bridgehead atoms. The van der Waals surface area contributed by atoms with Gasteiger partial charge in [-0.2, -0.15) is 5.26 Å². The van der Waals surface area contributed by atoms with Gasteiger partial charge in [-0.05, 0) is 31.2 Å². The number of nitrogens with zero attached hydrogens (tertiary/aromatic N) is 2. The first-order valence-electron chi connectivity index (χ1n) is 5.97. The molecule has 5 nitrogen and oxygen atoms in total. The maximum Gasteiger partial charge on any atom is 0.255 e. The third kappa shape index (κ3) is 2.75. The van der Waals surface area contributed by atoms with Gasteiger partial charge in [0.15, 0.2) is 0 Å². The lowest BCUT2D eigenvalue weighted by atomic mass is 10.1. The molecule has 0 radical (unpaired) electrons. The lowest BCUT2D eigenvalue weighted by Gasteiger charge is -2.11. The number of anilines is 1. The van der Waals surface area contributed by atoms with Gasteiger partial charge in [-0.15, -0.1) is 0 Å². The summed E-state index contributed by atoms with van der Waals surface area (Å²) in [5.41, 5.74) is 1.95. The third-order valence-electron chi connectivity index (χ3n) is 2.76. The van der Waals surface area contributed by atoms with Crippen molar-refractivity contribution in [2.24, 2.45) is 0 Å². The van der Waals surface area contributed by atoms with Gasteiger partial charge in [-0.25, -0.2) is 0 Å². The van der Waals surface area contributed by atoms with Gasteiger partial charge < -0.3 is 10.1 Å². The van der Waals surface area contributed by atoms with Gasteiger partial charge in [0, 0.05) is 17.5 Å². The Morgan fingerprint density at radius 3 is 2.85 bits per heavy atom. The van der Waals surface area contributed by atoms with Crippen molar-refractivity contribution >= 4 is 11.6 Å². The van der Waals surface area contributed by atoms with E-state index in [1.165, 1.54) is 7.11 Å². The van der Waals surface area contributed by atoms with E-state index in [0.29, 0.717) is 22.6 Å². The quantitative estimate of drug-likeness (QED) is 0.927. The summed E-state index contributed by atoms with van der Waals surface area (Å²) < 4.78 is 5.17. The number of rotatable bonds is 3. The summed E-state index contributed by atoms with van der Waals surface area (Å²) in [6, 6.07) is 10.3. The summed E-state index contributed by atoms with van der Waals surface area (Å²) in [4.78, 5) is 16.2. The highest BCUT2D eigenvalue weighted by Crippen LogP contribution is 2.28. The smallest absolute Gasteiger partial charge is 0.255 e. The molecule has 0 atom stereocenters. The van der Waals surface area contributed by atoms with Crippen LogP contribution in [0.2, 0.25) is 0 Å². The third-order valence-corrected chi connectivity index (χ3v) is 2.76. The van der Waals surface area contributed by atoms with Crippen molar-refractivity contribution < 1.29 is 9.53 Å². The molecule has 1 amide bonds. The first-order valence-corrected chi connectivity index (χ1v) is 5.97. The SMILES string of the molecule is COc1cccc(C#N)c1NC(=O)c1ccnc(C)c1. The van der Waals surface area contributed by atoms with E-state index in [2.05, 4.69) is 10.3 Å². The number of ether oxygens (including phenoxy) is 1. The molecule has 0 aliphatic heterocycles. The monoisotopic (exact) mass is 267 g/mol. The fourth-order valence-corrected chi connectivity index (χ4v) is 1.80. The fourth-order valence-electron chi connectivity index (χ4n) is 1.80. The number of aryl methyl sites for hydroxylation is 1. The zero-order valence-corrected chi connectivity index (χ0v) is 11.2. The minimum absolute atomic E-state index is 0.309. The van der Waals surface area contributed by atoms with Crippen LogP contribution in [0, 0.1) is 18.3 Å². The van der Waals surface area contributed by atoms with E-state index in [1.54, 1.807) is 43.5 Å². The molecule has 0 fully saturated rings. The zero-order valence-electron chi connectivity index (χ0n) is 11.2. The van der Waals surface area contributed by atoms with Crippen molar-refractivity contribution in [2.45, 2.75) is 6.92 Å². The van der Waals surface area contributed by atoms with Crippen LogP contribution < -0.4 is 10.1 Å². The molecule has 1 aromatic carbocycles. The standard InChI is InChI=1S/C15H13N3O2/c1-10-8-11(6-7-17-10)15(19)18-14-12(9-16)4-3-5-13(14)20-2/h3-8H,1-2H3,(H,18,19). The maximum absolute atomic E-state index is 12.2. The highest BCUT2D eigenvalue weighted by Gasteiger charge is 2.13. The van der Waals surface area contributed by atoms with E-state index >= 15 is 0 Å². The molecule has 1 aromatic heterocycles.